The van der Waals surface area contributed by atoms with Crippen molar-refractivity contribution in [1.29, 1.82) is 0 Å². The molecule has 4 heteroatoms. The summed E-state index contributed by atoms with van der Waals surface area (Å²) in [6.07, 6.45) is 6.05. The van der Waals surface area contributed by atoms with Crippen molar-refractivity contribution in [2.24, 2.45) is 5.92 Å². The summed E-state index contributed by atoms with van der Waals surface area (Å²) >= 11 is 12.3. The van der Waals surface area contributed by atoms with Crippen molar-refractivity contribution in [2.75, 3.05) is 12.5 Å². The van der Waals surface area contributed by atoms with E-state index in [2.05, 4.69) is 5.32 Å². The fourth-order valence-corrected chi connectivity index (χ4v) is 4.01. The molecule has 1 aromatic rings. The molecular weight excluding hydrogens is 293 g/mol. The first kappa shape index (κ1) is 14.5. The third-order valence-electron chi connectivity index (χ3n) is 4.49. The van der Waals surface area contributed by atoms with Gasteiger partial charge in [0.25, 0.3) is 0 Å². The molecule has 0 amide bonds. The zero-order valence-electron chi connectivity index (χ0n) is 11.6. The molecule has 2 atom stereocenters. The van der Waals surface area contributed by atoms with E-state index in [4.69, 9.17) is 27.9 Å². The SMILES string of the molecule is ClCC1CCCCC1NCc1cc(Cl)cc2c1OCC2. The highest BCUT2D eigenvalue weighted by molar-refractivity contribution is 6.30. The number of benzene rings is 1. The maximum atomic E-state index is 6.20. The molecule has 3 rings (SSSR count). The Kier molecular flexibility index (Phi) is 4.75. The molecule has 0 radical (unpaired) electrons. The molecule has 0 spiro atoms. The lowest BCUT2D eigenvalue weighted by Crippen LogP contribution is -2.39. The lowest BCUT2D eigenvalue weighted by Gasteiger charge is -2.31. The van der Waals surface area contributed by atoms with Crippen LogP contribution in [0, 0.1) is 5.92 Å². The summed E-state index contributed by atoms with van der Waals surface area (Å²) in [4.78, 5) is 0. The number of fused-ring (bicyclic) bond motifs is 1. The molecule has 0 aromatic heterocycles. The molecule has 0 bridgehead atoms. The first-order valence-electron chi connectivity index (χ1n) is 7.51. The van der Waals surface area contributed by atoms with Gasteiger partial charge in [0, 0.05) is 35.5 Å². The van der Waals surface area contributed by atoms with Crippen LogP contribution in [-0.4, -0.2) is 18.5 Å². The molecule has 2 aliphatic rings. The molecule has 1 fully saturated rings. The number of hydrogen-bond acceptors (Lipinski definition) is 2. The van der Waals surface area contributed by atoms with E-state index in [0.29, 0.717) is 12.0 Å². The van der Waals surface area contributed by atoms with Crippen LogP contribution in [0.3, 0.4) is 0 Å². The van der Waals surface area contributed by atoms with Gasteiger partial charge >= 0.3 is 0 Å². The van der Waals surface area contributed by atoms with Gasteiger partial charge in [-0.2, -0.15) is 0 Å². The standard InChI is InChI=1S/C16H21Cl2NO/c17-9-12-3-1-2-4-15(12)19-10-13-8-14(18)7-11-5-6-20-16(11)13/h7-8,12,15,19H,1-6,9-10H2. The minimum absolute atomic E-state index is 0.525. The fourth-order valence-electron chi connectivity index (χ4n) is 3.38. The summed E-state index contributed by atoms with van der Waals surface area (Å²) in [6, 6.07) is 4.57. The Morgan fingerprint density at radius 1 is 1.25 bits per heavy atom. The van der Waals surface area contributed by atoms with Crippen LogP contribution in [0.15, 0.2) is 12.1 Å². The quantitative estimate of drug-likeness (QED) is 0.843. The molecular formula is C16H21Cl2NO. The molecule has 1 aliphatic carbocycles. The fraction of sp³-hybridized carbons (Fsp3) is 0.625. The van der Waals surface area contributed by atoms with Gasteiger partial charge in [-0.05, 0) is 36.5 Å². The topological polar surface area (TPSA) is 21.3 Å². The first-order valence-corrected chi connectivity index (χ1v) is 8.42. The van der Waals surface area contributed by atoms with Crippen LogP contribution in [-0.2, 0) is 13.0 Å². The predicted octanol–water partition coefficient (Wildman–Crippen LogP) is 4.16. The van der Waals surface area contributed by atoms with E-state index in [1.807, 2.05) is 12.1 Å². The summed E-state index contributed by atoms with van der Waals surface area (Å²) in [5.41, 5.74) is 2.43. The Morgan fingerprint density at radius 3 is 2.95 bits per heavy atom. The summed E-state index contributed by atoms with van der Waals surface area (Å²) in [7, 11) is 0. The zero-order valence-corrected chi connectivity index (χ0v) is 13.1. The second-order valence-corrected chi connectivity index (χ2v) is 6.58. The molecule has 1 N–H and O–H groups in total. The van der Waals surface area contributed by atoms with Crippen LogP contribution in [0.5, 0.6) is 5.75 Å². The van der Waals surface area contributed by atoms with Crippen LogP contribution in [0.4, 0.5) is 0 Å². The van der Waals surface area contributed by atoms with Gasteiger partial charge in [0.15, 0.2) is 0 Å². The number of nitrogens with one attached hydrogen (secondary N) is 1. The Hall–Kier alpha value is -0.440. The van der Waals surface area contributed by atoms with Gasteiger partial charge < -0.3 is 10.1 Å². The van der Waals surface area contributed by atoms with E-state index >= 15 is 0 Å². The average molecular weight is 314 g/mol. The predicted molar refractivity (Wildman–Crippen MR) is 84.0 cm³/mol. The van der Waals surface area contributed by atoms with Crippen molar-refractivity contribution in [3.8, 4) is 5.75 Å². The second-order valence-electron chi connectivity index (χ2n) is 5.84. The van der Waals surface area contributed by atoms with Crippen molar-refractivity contribution in [3.05, 3.63) is 28.3 Å². The summed E-state index contributed by atoms with van der Waals surface area (Å²) in [5, 5.41) is 4.48. The van der Waals surface area contributed by atoms with E-state index < -0.39 is 0 Å². The highest BCUT2D eigenvalue weighted by Gasteiger charge is 2.25. The van der Waals surface area contributed by atoms with Gasteiger partial charge in [-0.1, -0.05) is 24.4 Å². The van der Waals surface area contributed by atoms with Crippen molar-refractivity contribution in [1.82, 2.24) is 5.32 Å². The van der Waals surface area contributed by atoms with Gasteiger partial charge in [-0.25, -0.2) is 0 Å². The number of rotatable bonds is 4. The van der Waals surface area contributed by atoms with Crippen molar-refractivity contribution in [2.45, 2.75) is 44.7 Å². The number of ether oxygens (including phenoxy) is 1. The van der Waals surface area contributed by atoms with Crippen LogP contribution >= 0.6 is 23.2 Å². The van der Waals surface area contributed by atoms with Gasteiger partial charge in [-0.3, -0.25) is 0 Å². The summed E-state index contributed by atoms with van der Waals surface area (Å²) in [5.74, 6) is 2.39. The lowest BCUT2D eigenvalue weighted by molar-refractivity contribution is 0.280. The van der Waals surface area contributed by atoms with E-state index in [1.165, 1.54) is 36.8 Å². The number of alkyl halides is 1. The van der Waals surface area contributed by atoms with Gasteiger partial charge in [0.1, 0.15) is 5.75 Å². The lowest BCUT2D eigenvalue weighted by atomic mass is 9.85. The molecule has 1 heterocycles. The minimum Gasteiger partial charge on any atom is -0.493 e. The van der Waals surface area contributed by atoms with Crippen molar-refractivity contribution >= 4 is 23.2 Å². The normalized spacial score (nSPS) is 25.3. The number of halogens is 2. The van der Waals surface area contributed by atoms with E-state index in [-0.39, 0.29) is 0 Å². The zero-order chi connectivity index (χ0) is 13.9. The third-order valence-corrected chi connectivity index (χ3v) is 5.10. The van der Waals surface area contributed by atoms with E-state index in [1.54, 1.807) is 0 Å². The second kappa shape index (κ2) is 6.55. The monoisotopic (exact) mass is 313 g/mol. The van der Waals surface area contributed by atoms with Gasteiger partial charge in [0.05, 0.1) is 6.61 Å². The maximum Gasteiger partial charge on any atom is 0.127 e. The highest BCUT2D eigenvalue weighted by atomic mass is 35.5. The summed E-state index contributed by atoms with van der Waals surface area (Å²) in [6.45, 7) is 1.59. The Labute approximate surface area is 130 Å². The largest absolute Gasteiger partial charge is 0.493 e. The average Bonchev–Trinajstić information content (AvgIpc) is 2.93. The maximum absolute atomic E-state index is 6.20. The third kappa shape index (κ3) is 3.08. The highest BCUT2D eigenvalue weighted by Crippen LogP contribution is 2.33. The molecule has 2 nitrogen and oxygen atoms in total. The molecule has 1 aliphatic heterocycles. The van der Waals surface area contributed by atoms with Gasteiger partial charge in [0.2, 0.25) is 0 Å². The van der Waals surface area contributed by atoms with Gasteiger partial charge in [-0.15, -0.1) is 11.6 Å². The van der Waals surface area contributed by atoms with Crippen LogP contribution in [0.2, 0.25) is 5.02 Å². The molecule has 0 saturated heterocycles. The first-order chi connectivity index (χ1) is 9.78. The van der Waals surface area contributed by atoms with Crippen LogP contribution in [0.25, 0.3) is 0 Å². The molecule has 110 valence electrons. The van der Waals surface area contributed by atoms with Crippen LogP contribution < -0.4 is 10.1 Å². The Bertz CT molecular complexity index is 478. The molecule has 1 aromatic carbocycles. The Balaban J connectivity index is 1.69. The Morgan fingerprint density at radius 2 is 2.10 bits per heavy atom. The summed E-state index contributed by atoms with van der Waals surface area (Å²) < 4.78 is 5.75. The molecule has 1 saturated carbocycles. The molecule has 20 heavy (non-hydrogen) atoms. The number of hydrogen-bond donors (Lipinski definition) is 1. The minimum atomic E-state index is 0.525. The van der Waals surface area contributed by atoms with Crippen molar-refractivity contribution < 1.29 is 4.74 Å². The molecule has 2 unspecified atom stereocenters. The smallest absolute Gasteiger partial charge is 0.127 e. The van der Waals surface area contributed by atoms with Crippen LogP contribution in [0.1, 0.15) is 36.8 Å². The van der Waals surface area contributed by atoms with E-state index in [0.717, 1.165) is 36.2 Å². The van der Waals surface area contributed by atoms with Crippen molar-refractivity contribution in [3.63, 3.8) is 0 Å². The van der Waals surface area contributed by atoms with E-state index in [9.17, 15) is 0 Å².